The fraction of sp³-hybridized carbons (Fsp3) is 0.462. The molecule has 2 atom stereocenters. The van der Waals surface area contributed by atoms with Gasteiger partial charge in [0.05, 0.1) is 5.92 Å². The van der Waals surface area contributed by atoms with Crippen LogP contribution in [0.3, 0.4) is 0 Å². The molecule has 0 saturated carbocycles. The fourth-order valence-corrected chi connectivity index (χ4v) is 2.47. The van der Waals surface area contributed by atoms with Crippen molar-refractivity contribution < 1.29 is 9.18 Å². The number of rotatable bonds is 4. The SMILES string of the molecule is [B]C(F)(P)c1cc(CC)ccc1N1CC(C(N)=O)C1. The molecule has 1 aliphatic rings. The van der Waals surface area contributed by atoms with Gasteiger partial charge in [-0.3, -0.25) is 4.79 Å². The number of anilines is 1. The van der Waals surface area contributed by atoms with Gasteiger partial charge in [0, 0.05) is 24.3 Å². The summed E-state index contributed by atoms with van der Waals surface area (Å²) in [7, 11) is 7.59. The first-order chi connectivity index (χ1) is 8.82. The monoisotopic (exact) mass is 278 g/mol. The van der Waals surface area contributed by atoms with Crippen LogP contribution in [0.15, 0.2) is 18.2 Å². The van der Waals surface area contributed by atoms with Gasteiger partial charge in [0.2, 0.25) is 5.91 Å². The van der Waals surface area contributed by atoms with Gasteiger partial charge in [0.1, 0.15) is 13.2 Å². The molecule has 1 saturated heterocycles. The second-order valence-corrected chi connectivity index (χ2v) is 5.82. The van der Waals surface area contributed by atoms with Gasteiger partial charge in [0.25, 0.3) is 0 Å². The van der Waals surface area contributed by atoms with Crippen LogP contribution in [0.4, 0.5) is 10.1 Å². The Hall–Kier alpha value is -1.09. The van der Waals surface area contributed by atoms with Crippen LogP contribution in [0, 0.1) is 5.92 Å². The highest BCUT2D eigenvalue weighted by Crippen LogP contribution is 2.39. The molecule has 2 unspecified atom stereocenters. The number of primary amides is 1. The van der Waals surface area contributed by atoms with Gasteiger partial charge >= 0.3 is 0 Å². The number of hydrogen-bond acceptors (Lipinski definition) is 2. The van der Waals surface area contributed by atoms with E-state index in [1.54, 1.807) is 6.07 Å². The van der Waals surface area contributed by atoms with Crippen molar-refractivity contribution in [1.29, 1.82) is 0 Å². The van der Waals surface area contributed by atoms with E-state index in [-0.39, 0.29) is 11.8 Å². The molecule has 1 aromatic rings. The zero-order valence-corrected chi connectivity index (χ0v) is 12.1. The summed E-state index contributed by atoms with van der Waals surface area (Å²) in [5.41, 5.74) is 7.43. The molecule has 1 aliphatic heterocycles. The summed E-state index contributed by atoms with van der Waals surface area (Å²) in [6, 6.07) is 5.59. The maximum Gasteiger partial charge on any atom is 0.224 e. The topological polar surface area (TPSA) is 46.3 Å². The van der Waals surface area contributed by atoms with Crippen molar-refractivity contribution in [2.45, 2.75) is 18.7 Å². The minimum absolute atomic E-state index is 0.157. The lowest BCUT2D eigenvalue weighted by Crippen LogP contribution is -2.53. The van der Waals surface area contributed by atoms with E-state index in [1.807, 2.05) is 33.2 Å². The van der Waals surface area contributed by atoms with Crippen LogP contribution >= 0.6 is 9.24 Å². The van der Waals surface area contributed by atoms with Crippen LogP contribution in [-0.2, 0) is 16.5 Å². The summed E-state index contributed by atoms with van der Waals surface area (Å²) in [6.07, 6.45) is 0.817. The molecule has 1 heterocycles. The van der Waals surface area contributed by atoms with Gasteiger partial charge in [0.15, 0.2) is 0 Å². The van der Waals surface area contributed by atoms with Crippen molar-refractivity contribution >= 4 is 28.7 Å². The van der Waals surface area contributed by atoms with Crippen LogP contribution in [0.25, 0.3) is 0 Å². The van der Waals surface area contributed by atoms with E-state index in [0.717, 1.165) is 17.7 Å². The molecule has 2 N–H and O–H groups in total. The number of carbonyl (C=O) groups excluding carboxylic acids is 1. The highest BCUT2D eigenvalue weighted by molar-refractivity contribution is 7.21. The lowest BCUT2D eigenvalue weighted by Gasteiger charge is -2.41. The normalized spacial score (nSPS) is 18.8. The molecule has 2 radical (unpaired) electrons. The number of carbonyl (C=O) groups is 1. The summed E-state index contributed by atoms with van der Waals surface area (Å²) in [4.78, 5) is 13.0. The lowest BCUT2D eigenvalue weighted by molar-refractivity contribution is -0.122. The van der Waals surface area contributed by atoms with Gasteiger partial charge in [-0.25, -0.2) is 4.39 Å². The van der Waals surface area contributed by atoms with Crippen molar-refractivity contribution in [2.24, 2.45) is 11.7 Å². The second-order valence-electron chi connectivity index (χ2n) is 4.98. The highest BCUT2D eigenvalue weighted by Gasteiger charge is 2.34. The lowest BCUT2D eigenvalue weighted by atomic mass is 9.87. The quantitative estimate of drug-likeness (QED) is 0.666. The molecule has 0 aromatic heterocycles. The third kappa shape index (κ3) is 2.92. The van der Waals surface area contributed by atoms with Gasteiger partial charge in [-0.1, -0.05) is 19.1 Å². The Balaban J connectivity index is 2.28. The van der Waals surface area contributed by atoms with E-state index in [9.17, 15) is 9.18 Å². The molecule has 0 aliphatic carbocycles. The number of amides is 1. The van der Waals surface area contributed by atoms with Crippen LogP contribution in [-0.4, -0.2) is 26.8 Å². The Morgan fingerprint density at radius 3 is 2.74 bits per heavy atom. The Bertz CT molecular complexity index is 498. The van der Waals surface area contributed by atoms with Crippen molar-refractivity contribution in [3.63, 3.8) is 0 Å². The maximum absolute atomic E-state index is 14.1. The number of nitrogens with zero attached hydrogens (tertiary/aromatic N) is 1. The predicted molar refractivity (Wildman–Crippen MR) is 79.0 cm³/mol. The highest BCUT2D eigenvalue weighted by atomic mass is 31.0. The molecule has 1 amide bonds. The molecule has 3 nitrogen and oxygen atoms in total. The third-order valence-corrected chi connectivity index (χ3v) is 3.82. The first-order valence-corrected chi connectivity index (χ1v) is 6.85. The van der Waals surface area contributed by atoms with E-state index < -0.39 is 5.31 Å². The van der Waals surface area contributed by atoms with Gasteiger partial charge in [-0.2, -0.15) is 0 Å². The summed E-state index contributed by atoms with van der Waals surface area (Å²) >= 11 is 0. The molecule has 100 valence electrons. The van der Waals surface area contributed by atoms with Crippen LogP contribution in [0.2, 0.25) is 0 Å². The van der Waals surface area contributed by atoms with Gasteiger partial charge in [-0.05, 0) is 18.1 Å². The van der Waals surface area contributed by atoms with Crippen molar-refractivity contribution in [1.82, 2.24) is 0 Å². The molecular formula is C13H17BFN2OP. The molecular weight excluding hydrogens is 261 g/mol. The summed E-state index contributed by atoms with van der Waals surface area (Å²) in [6.45, 7) is 3.05. The predicted octanol–water partition coefficient (Wildman–Crippen LogP) is 1.29. The first kappa shape index (κ1) is 14.3. The molecule has 2 rings (SSSR count). The van der Waals surface area contributed by atoms with Gasteiger partial charge < -0.3 is 10.6 Å². The van der Waals surface area contributed by atoms with E-state index in [2.05, 4.69) is 0 Å². The average molecular weight is 278 g/mol. The molecule has 6 heteroatoms. The Morgan fingerprint density at radius 2 is 2.26 bits per heavy atom. The van der Waals surface area contributed by atoms with E-state index >= 15 is 0 Å². The molecule has 19 heavy (non-hydrogen) atoms. The largest absolute Gasteiger partial charge is 0.369 e. The Morgan fingerprint density at radius 1 is 1.63 bits per heavy atom. The number of aryl methyl sites for hydroxylation is 1. The maximum atomic E-state index is 14.1. The number of hydrogen-bond donors (Lipinski definition) is 1. The minimum atomic E-state index is -1.97. The molecule has 1 fully saturated rings. The minimum Gasteiger partial charge on any atom is -0.369 e. The summed E-state index contributed by atoms with van der Waals surface area (Å²) in [5, 5.41) is -1.97. The van der Waals surface area contributed by atoms with Crippen LogP contribution < -0.4 is 10.6 Å². The van der Waals surface area contributed by atoms with E-state index in [4.69, 9.17) is 13.6 Å². The zero-order valence-electron chi connectivity index (χ0n) is 10.9. The molecule has 0 bridgehead atoms. The Labute approximate surface area is 116 Å². The van der Waals surface area contributed by atoms with E-state index in [0.29, 0.717) is 18.7 Å². The van der Waals surface area contributed by atoms with E-state index in [1.165, 1.54) is 0 Å². The van der Waals surface area contributed by atoms with Gasteiger partial charge in [-0.15, -0.1) is 9.24 Å². The number of benzene rings is 1. The zero-order chi connectivity index (χ0) is 14.2. The first-order valence-electron chi connectivity index (χ1n) is 6.27. The van der Waals surface area contributed by atoms with Crippen LogP contribution in [0.5, 0.6) is 0 Å². The number of alkyl halides is 1. The number of nitrogens with two attached hydrogens (primary N) is 1. The fourth-order valence-electron chi connectivity index (χ4n) is 2.24. The summed E-state index contributed by atoms with van der Waals surface area (Å²) in [5.74, 6) is -0.469. The van der Waals surface area contributed by atoms with Crippen LogP contribution in [0.1, 0.15) is 18.1 Å². The smallest absolute Gasteiger partial charge is 0.224 e. The average Bonchev–Trinajstić information content (AvgIpc) is 2.25. The van der Waals surface area contributed by atoms with Crippen molar-refractivity contribution in [2.75, 3.05) is 18.0 Å². The molecule has 1 aromatic carbocycles. The second kappa shape index (κ2) is 5.12. The third-order valence-electron chi connectivity index (χ3n) is 3.51. The van der Waals surface area contributed by atoms with Crippen molar-refractivity contribution in [3.05, 3.63) is 29.3 Å². The molecule has 0 spiro atoms. The standard InChI is InChI=1S/C13H17BFN2OP/c1-2-8-3-4-11(10(5-8)13(14,15)19)17-6-9(7-17)12(16)18/h3-5,9H,2,6-7,19H2,1H3,(H2,16,18). The Kier molecular flexibility index (Phi) is 3.86. The van der Waals surface area contributed by atoms with Crippen molar-refractivity contribution in [3.8, 4) is 0 Å². The number of halogens is 1. The summed E-state index contributed by atoms with van der Waals surface area (Å²) < 4.78 is 14.1.